The Morgan fingerprint density at radius 2 is 1.32 bits per heavy atom. The second-order valence-corrected chi connectivity index (χ2v) is 18.7. The fraction of sp³-hybridized carbons (Fsp3) is 1.00. The molecule has 53 heavy (non-hydrogen) atoms. The zero-order chi connectivity index (χ0) is 38.8. The zero-order valence-corrected chi connectivity index (χ0v) is 32.1. The van der Waals surface area contributed by atoms with E-state index in [1.807, 2.05) is 0 Å². The van der Waals surface area contributed by atoms with Gasteiger partial charge in [0.25, 0.3) is 0 Å². The summed E-state index contributed by atoms with van der Waals surface area (Å²) < 4.78 is 22.9. The van der Waals surface area contributed by atoms with Crippen molar-refractivity contribution in [3.63, 3.8) is 0 Å². The van der Waals surface area contributed by atoms with Crippen LogP contribution in [-0.2, 0) is 18.9 Å². The SMILES string of the molecule is CC(C)[C@@H](CCO[C@@H]1OC[C@@H](O)[C@H](O)[C@H]1O[C@@H]1OC[C@@H](O)[C@H](O)[C@H]1O)CC[C@@H](C)[C@H]1C[C@@H](O)[C@@H]2[C@]1(C)CC[C@H]1[C@@]2(O)CC(O)C2[C@@H](O)[C@@H](O)CC[C@@]21C. The monoisotopic (exact) mass is 760 g/mol. The van der Waals surface area contributed by atoms with E-state index in [1.165, 1.54) is 0 Å². The van der Waals surface area contributed by atoms with E-state index < -0.39 is 96.5 Å². The van der Waals surface area contributed by atoms with Gasteiger partial charge in [0.05, 0.1) is 49.8 Å². The maximum Gasteiger partial charge on any atom is 0.186 e. The predicted octanol–water partition coefficient (Wildman–Crippen LogP) is 0.0310. The first-order valence-electron chi connectivity index (χ1n) is 20.2. The molecule has 21 atom stereocenters. The molecule has 6 rings (SSSR count). The lowest BCUT2D eigenvalue weighted by Gasteiger charge is -2.66. The molecule has 4 aliphatic carbocycles. The lowest BCUT2D eigenvalue weighted by molar-refractivity contribution is -0.343. The molecule has 6 aliphatic rings. The lowest BCUT2D eigenvalue weighted by Crippen LogP contribution is -2.70. The highest BCUT2D eigenvalue weighted by atomic mass is 16.7. The fourth-order valence-electron chi connectivity index (χ4n) is 12.4. The number of rotatable bonds is 11. The van der Waals surface area contributed by atoms with Crippen molar-refractivity contribution < 1.29 is 70.0 Å². The van der Waals surface area contributed by atoms with Gasteiger partial charge in [0.2, 0.25) is 0 Å². The molecule has 6 fully saturated rings. The Kier molecular flexibility index (Phi) is 12.7. The maximum atomic E-state index is 12.6. The molecule has 0 radical (unpaired) electrons. The highest BCUT2D eigenvalue weighted by Gasteiger charge is 2.71. The first kappa shape index (κ1) is 42.1. The topological polar surface area (TPSA) is 239 Å². The van der Waals surface area contributed by atoms with Crippen LogP contribution in [0.1, 0.15) is 92.4 Å². The van der Waals surface area contributed by atoms with Crippen LogP contribution in [0.25, 0.3) is 0 Å². The van der Waals surface area contributed by atoms with Crippen molar-refractivity contribution in [2.75, 3.05) is 19.8 Å². The second-order valence-electron chi connectivity index (χ2n) is 18.7. The molecule has 0 amide bonds. The van der Waals surface area contributed by atoms with Crippen LogP contribution in [0.15, 0.2) is 0 Å². The molecule has 0 aromatic rings. The molecule has 0 aromatic heterocycles. The number of aliphatic hydroxyl groups excluding tert-OH is 9. The van der Waals surface area contributed by atoms with Crippen LogP contribution in [-0.4, -0.2) is 150 Å². The summed E-state index contributed by atoms with van der Waals surface area (Å²) in [6, 6.07) is 0. The maximum absolute atomic E-state index is 12.6. The summed E-state index contributed by atoms with van der Waals surface area (Å²) in [4.78, 5) is 0. The lowest BCUT2D eigenvalue weighted by atomic mass is 9.41. The van der Waals surface area contributed by atoms with E-state index in [-0.39, 0.29) is 55.3 Å². The molecule has 2 heterocycles. The molecule has 308 valence electrons. The van der Waals surface area contributed by atoms with E-state index in [4.69, 9.17) is 18.9 Å². The van der Waals surface area contributed by atoms with Crippen molar-refractivity contribution in [2.45, 2.75) is 172 Å². The van der Waals surface area contributed by atoms with Crippen molar-refractivity contribution >= 4 is 0 Å². The third-order valence-electron chi connectivity index (χ3n) is 15.4. The van der Waals surface area contributed by atoms with E-state index in [9.17, 15) is 51.1 Å². The highest BCUT2D eigenvalue weighted by molar-refractivity contribution is 5.21. The summed E-state index contributed by atoms with van der Waals surface area (Å²) in [6.07, 6.45) is -8.59. The van der Waals surface area contributed by atoms with Crippen molar-refractivity contribution in [1.29, 1.82) is 0 Å². The molecule has 10 N–H and O–H groups in total. The Hall–Kier alpha value is -0.560. The molecule has 0 aromatic carbocycles. The average Bonchev–Trinajstić information content (AvgIpc) is 3.37. The van der Waals surface area contributed by atoms with Crippen LogP contribution >= 0.6 is 0 Å². The second kappa shape index (κ2) is 16.0. The molecule has 2 saturated heterocycles. The van der Waals surface area contributed by atoms with Crippen LogP contribution in [0, 0.1) is 52.3 Å². The van der Waals surface area contributed by atoms with Crippen LogP contribution in [0.2, 0.25) is 0 Å². The van der Waals surface area contributed by atoms with Gasteiger partial charge in [-0.25, -0.2) is 0 Å². The molecule has 14 heteroatoms. The van der Waals surface area contributed by atoms with Crippen molar-refractivity contribution in [1.82, 2.24) is 0 Å². The minimum absolute atomic E-state index is 0.0848. The van der Waals surface area contributed by atoms with Gasteiger partial charge in [0.15, 0.2) is 12.6 Å². The Balaban J connectivity index is 1.07. The molecule has 2 unspecified atom stereocenters. The average molecular weight is 761 g/mol. The van der Waals surface area contributed by atoms with Crippen molar-refractivity contribution in [3.8, 4) is 0 Å². The molecule has 2 aliphatic heterocycles. The zero-order valence-electron chi connectivity index (χ0n) is 32.1. The first-order chi connectivity index (χ1) is 24.8. The summed E-state index contributed by atoms with van der Waals surface area (Å²) in [5.41, 5.74) is -2.16. The third-order valence-corrected chi connectivity index (χ3v) is 15.4. The molecule has 0 spiro atoms. The Morgan fingerprint density at radius 1 is 0.679 bits per heavy atom. The van der Waals surface area contributed by atoms with Gasteiger partial charge in [-0.1, -0.05) is 41.0 Å². The van der Waals surface area contributed by atoms with Crippen molar-refractivity contribution in [3.05, 3.63) is 0 Å². The van der Waals surface area contributed by atoms with E-state index in [0.29, 0.717) is 31.6 Å². The van der Waals surface area contributed by atoms with E-state index in [2.05, 4.69) is 34.6 Å². The molecular formula is C39H68O14. The largest absolute Gasteiger partial charge is 0.393 e. The third kappa shape index (κ3) is 7.50. The normalized spacial score (nSPS) is 52.8. The van der Waals surface area contributed by atoms with E-state index >= 15 is 0 Å². The van der Waals surface area contributed by atoms with E-state index in [0.717, 1.165) is 25.7 Å². The van der Waals surface area contributed by atoms with Gasteiger partial charge in [-0.15, -0.1) is 0 Å². The quantitative estimate of drug-likeness (QED) is 0.134. The van der Waals surface area contributed by atoms with Crippen LogP contribution in [0.4, 0.5) is 0 Å². The summed E-state index contributed by atoms with van der Waals surface area (Å²) in [6.45, 7) is 10.6. The Bertz CT molecular complexity index is 1230. The first-order valence-corrected chi connectivity index (χ1v) is 20.2. The number of hydrogen-bond donors (Lipinski definition) is 10. The number of aliphatic hydroxyl groups is 10. The number of fused-ring (bicyclic) bond motifs is 5. The summed E-state index contributed by atoms with van der Waals surface area (Å²) in [5.74, 6) is -0.113. The molecule has 4 saturated carbocycles. The molecular weight excluding hydrogens is 692 g/mol. The molecule has 0 bridgehead atoms. The minimum atomic E-state index is -1.58. The Morgan fingerprint density at radius 3 is 2.00 bits per heavy atom. The summed E-state index contributed by atoms with van der Waals surface area (Å²) in [5, 5.41) is 108. The van der Waals surface area contributed by atoms with Gasteiger partial charge < -0.3 is 70.0 Å². The Labute approximate surface area is 313 Å². The smallest absolute Gasteiger partial charge is 0.186 e. The summed E-state index contributed by atoms with van der Waals surface area (Å²) in [7, 11) is 0. The van der Waals surface area contributed by atoms with E-state index in [1.54, 1.807) is 0 Å². The fourth-order valence-corrected chi connectivity index (χ4v) is 12.4. The summed E-state index contributed by atoms with van der Waals surface area (Å²) >= 11 is 0. The van der Waals surface area contributed by atoms with Crippen LogP contribution < -0.4 is 0 Å². The minimum Gasteiger partial charge on any atom is -0.393 e. The van der Waals surface area contributed by atoms with Gasteiger partial charge in [-0.2, -0.15) is 0 Å². The molecule has 14 nitrogen and oxygen atoms in total. The predicted molar refractivity (Wildman–Crippen MR) is 189 cm³/mol. The number of hydrogen-bond acceptors (Lipinski definition) is 14. The van der Waals surface area contributed by atoms with Gasteiger partial charge in [-0.05, 0) is 85.4 Å². The van der Waals surface area contributed by atoms with Gasteiger partial charge in [0, 0.05) is 18.3 Å². The highest BCUT2D eigenvalue weighted by Crippen LogP contribution is 2.70. The van der Waals surface area contributed by atoms with Crippen LogP contribution in [0.5, 0.6) is 0 Å². The van der Waals surface area contributed by atoms with Gasteiger partial charge >= 0.3 is 0 Å². The van der Waals surface area contributed by atoms with Crippen LogP contribution in [0.3, 0.4) is 0 Å². The number of ether oxygens (including phenoxy) is 4. The van der Waals surface area contributed by atoms with Gasteiger partial charge in [-0.3, -0.25) is 0 Å². The van der Waals surface area contributed by atoms with Crippen molar-refractivity contribution in [2.24, 2.45) is 52.3 Å². The van der Waals surface area contributed by atoms with Gasteiger partial charge in [0.1, 0.15) is 36.6 Å². The standard InChI is InChI=1S/C39H68O14/c1-18(2)20(10-13-50-36-33(31(47)26(44)17-52-36)53-35-32(48)30(46)25(43)16-51-35)7-6-19(3)21-14-23(41)34-37(21,4)12-9-27-38(5)11-8-22(40)29(45)28(38)24(42)15-39(27,34)49/h18-36,40-49H,6-17H2,1-5H3/t19-,20-,21-,22+,23-,24?,25-,26-,27-,28?,29+,30+,31+,32-,33-,34-,35+,36-,37-,38-,39+/m1/s1.